The molecule has 0 amide bonds. The molecule has 11 heteroatoms. The minimum absolute atomic E-state index is 0. The second kappa shape index (κ2) is 7.26. The van der Waals surface area contributed by atoms with Crippen LogP contribution in [0.15, 0.2) is 40.1 Å². The molecule has 0 spiro atoms. The Morgan fingerprint density at radius 3 is 2.00 bits per heavy atom. The summed E-state index contributed by atoms with van der Waals surface area (Å²) < 4.78 is 64.3. The molecule has 1 N–H and O–H groups in total. The zero-order chi connectivity index (χ0) is 14.4. The van der Waals surface area contributed by atoms with Crippen LogP contribution in [0.5, 0.6) is 5.75 Å². The van der Waals surface area contributed by atoms with Gasteiger partial charge in [0.25, 0.3) is 10.1 Å². The van der Waals surface area contributed by atoms with Crippen molar-refractivity contribution in [2.45, 2.75) is 9.79 Å². The molecule has 0 saturated heterocycles. The van der Waals surface area contributed by atoms with Crippen LogP contribution < -0.4 is 64.2 Å². The Kier molecular flexibility index (Phi) is 7.37. The van der Waals surface area contributed by atoms with Gasteiger partial charge in [0.2, 0.25) is 0 Å². The number of hydrogen-bond acceptors (Lipinski definition) is 6. The van der Waals surface area contributed by atoms with Crippen molar-refractivity contribution >= 4 is 31.0 Å². The maximum atomic E-state index is 11.9. The molecule has 0 unspecified atom stereocenters. The predicted molar refractivity (Wildman–Crippen MR) is 61.2 cm³/mol. The van der Waals surface area contributed by atoms with E-state index in [0.29, 0.717) is 0 Å². The summed E-state index contributed by atoms with van der Waals surface area (Å²) in [5.41, 5.74) is 0. The molecule has 0 atom stereocenters. The van der Waals surface area contributed by atoms with Gasteiger partial charge in [-0.25, -0.2) is 8.42 Å². The maximum Gasteiger partial charge on any atom is 1.00 e. The van der Waals surface area contributed by atoms with Gasteiger partial charge in [-0.15, -0.1) is 0 Å². The SMILES string of the molecule is O=S(=O)([O-])c1cc2ccccc2c([O-])c1S(=O)(=O)O.[Na+].[Na+]. The van der Waals surface area contributed by atoms with E-state index in [0.717, 1.165) is 6.07 Å². The summed E-state index contributed by atoms with van der Waals surface area (Å²) in [6.45, 7) is 0. The Labute approximate surface area is 165 Å². The monoisotopic (exact) mass is 348 g/mol. The van der Waals surface area contributed by atoms with Gasteiger partial charge in [-0.2, -0.15) is 8.42 Å². The van der Waals surface area contributed by atoms with Crippen LogP contribution in [-0.4, -0.2) is 25.9 Å². The van der Waals surface area contributed by atoms with E-state index in [1.807, 2.05) is 0 Å². The van der Waals surface area contributed by atoms with Crippen molar-refractivity contribution in [1.82, 2.24) is 0 Å². The summed E-state index contributed by atoms with van der Waals surface area (Å²) >= 11 is 0. The Morgan fingerprint density at radius 1 is 1.00 bits per heavy atom. The Hall–Kier alpha value is 0.320. The molecule has 2 aromatic carbocycles. The van der Waals surface area contributed by atoms with Crippen molar-refractivity contribution < 1.29 is 90.2 Å². The molecule has 0 aliphatic heterocycles. The second-order valence-corrected chi connectivity index (χ2v) is 6.39. The van der Waals surface area contributed by atoms with Crippen LogP contribution in [0.2, 0.25) is 0 Å². The quantitative estimate of drug-likeness (QED) is 0.422. The fourth-order valence-corrected chi connectivity index (χ4v) is 3.57. The molecule has 0 aliphatic rings. The van der Waals surface area contributed by atoms with Crippen LogP contribution >= 0.6 is 0 Å². The Balaban J connectivity index is 0.00000200. The summed E-state index contributed by atoms with van der Waals surface area (Å²) in [6.07, 6.45) is 0. The minimum Gasteiger partial charge on any atom is -0.871 e. The van der Waals surface area contributed by atoms with Crippen molar-refractivity contribution in [1.29, 1.82) is 0 Å². The van der Waals surface area contributed by atoms with Crippen LogP contribution in [0.4, 0.5) is 0 Å². The van der Waals surface area contributed by atoms with Crippen molar-refractivity contribution in [2.75, 3.05) is 0 Å². The van der Waals surface area contributed by atoms with Crippen LogP contribution in [0.25, 0.3) is 10.8 Å². The van der Waals surface area contributed by atoms with E-state index in [9.17, 15) is 26.5 Å². The van der Waals surface area contributed by atoms with E-state index < -0.39 is 35.8 Å². The molecule has 0 fully saturated rings. The third-order valence-corrected chi connectivity index (χ3v) is 4.36. The topological polar surface area (TPSA) is 135 Å². The van der Waals surface area contributed by atoms with Gasteiger partial charge in [0.05, 0.1) is 4.90 Å². The molecular formula is C10H6Na2O7S2. The van der Waals surface area contributed by atoms with Gasteiger partial charge in [0.15, 0.2) is 0 Å². The van der Waals surface area contributed by atoms with E-state index in [1.54, 1.807) is 0 Å². The second-order valence-electron chi connectivity index (χ2n) is 3.68. The van der Waals surface area contributed by atoms with Crippen LogP contribution in [-0.2, 0) is 20.2 Å². The van der Waals surface area contributed by atoms with Crippen molar-refractivity contribution in [3.8, 4) is 5.75 Å². The van der Waals surface area contributed by atoms with Gasteiger partial charge in [-0.1, -0.05) is 30.0 Å². The third kappa shape index (κ3) is 4.41. The Morgan fingerprint density at radius 2 is 1.52 bits per heavy atom. The van der Waals surface area contributed by atoms with E-state index in [1.165, 1.54) is 24.3 Å². The van der Waals surface area contributed by atoms with E-state index in [-0.39, 0.29) is 69.9 Å². The molecule has 0 aliphatic carbocycles. The average Bonchev–Trinajstić information content (AvgIpc) is 2.26. The largest absolute Gasteiger partial charge is 1.00 e. The first-order valence-electron chi connectivity index (χ1n) is 4.78. The molecule has 0 bridgehead atoms. The van der Waals surface area contributed by atoms with Gasteiger partial charge < -0.3 is 9.66 Å². The molecular weight excluding hydrogens is 342 g/mol. The standard InChI is InChI=1S/C10H8O7S2.2Na/c11-9-7-4-2-1-3-6(7)5-8(18(12,13)14)10(9)19(15,16)17;;/h1-5,11H,(H,12,13,14)(H,15,16,17);;/q;2*+1/p-2. The number of hydrogen-bond donors (Lipinski definition) is 1. The zero-order valence-corrected chi connectivity index (χ0v) is 16.7. The first-order valence-corrected chi connectivity index (χ1v) is 7.63. The van der Waals surface area contributed by atoms with E-state index in [4.69, 9.17) is 4.55 Å². The summed E-state index contributed by atoms with van der Waals surface area (Å²) in [6, 6.07) is 6.27. The van der Waals surface area contributed by atoms with Gasteiger partial charge >= 0.3 is 59.1 Å². The average molecular weight is 348 g/mol. The summed E-state index contributed by atoms with van der Waals surface area (Å²) in [4.78, 5) is -2.67. The van der Waals surface area contributed by atoms with Gasteiger partial charge in [-0.3, -0.25) is 4.55 Å². The van der Waals surface area contributed by atoms with Crippen molar-refractivity contribution in [2.24, 2.45) is 0 Å². The fraction of sp³-hybridized carbons (Fsp3) is 0. The normalized spacial score (nSPS) is 11.5. The fourth-order valence-electron chi connectivity index (χ4n) is 1.70. The van der Waals surface area contributed by atoms with Crippen molar-refractivity contribution in [3.63, 3.8) is 0 Å². The Bertz CT molecular complexity index is 876. The molecule has 0 aromatic heterocycles. The molecule has 0 saturated carbocycles. The van der Waals surface area contributed by atoms with Gasteiger partial charge in [0.1, 0.15) is 15.0 Å². The van der Waals surface area contributed by atoms with Gasteiger partial charge in [-0.05, 0) is 16.8 Å². The predicted octanol–water partition coefficient (Wildman–Crippen LogP) is -5.93. The molecule has 102 valence electrons. The third-order valence-electron chi connectivity index (χ3n) is 2.45. The number of benzene rings is 2. The van der Waals surface area contributed by atoms with Gasteiger partial charge in [0, 0.05) is 0 Å². The smallest absolute Gasteiger partial charge is 0.871 e. The van der Waals surface area contributed by atoms with Crippen molar-refractivity contribution in [3.05, 3.63) is 30.3 Å². The summed E-state index contributed by atoms with van der Waals surface area (Å²) in [5, 5.41) is 11.9. The molecule has 0 heterocycles. The maximum absolute atomic E-state index is 11.9. The zero-order valence-electron chi connectivity index (χ0n) is 11.1. The minimum atomic E-state index is -5.22. The number of rotatable bonds is 2. The molecule has 2 rings (SSSR count). The van der Waals surface area contributed by atoms with E-state index >= 15 is 0 Å². The first kappa shape index (κ1) is 21.3. The molecule has 2 aromatic rings. The summed E-state index contributed by atoms with van der Waals surface area (Å²) in [7, 11) is -10.4. The van der Waals surface area contributed by atoms with Crippen LogP contribution in [0.1, 0.15) is 0 Å². The number of fused-ring (bicyclic) bond motifs is 1. The molecule has 7 nitrogen and oxygen atoms in total. The van der Waals surface area contributed by atoms with Crippen LogP contribution in [0.3, 0.4) is 0 Å². The first-order chi connectivity index (χ1) is 8.62. The molecule has 21 heavy (non-hydrogen) atoms. The van der Waals surface area contributed by atoms with E-state index in [2.05, 4.69) is 0 Å². The summed E-state index contributed by atoms with van der Waals surface area (Å²) in [5.74, 6) is -1.23. The van der Waals surface area contributed by atoms with Crippen LogP contribution in [0, 0.1) is 0 Å². The molecule has 0 radical (unpaired) electrons.